The summed E-state index contributed by atoms with van der Waals surface area (Å²) in [6, 6.07) is 0. The average molecular weight is 290 g/mol. The third-order valence-electron chi connectivity index (χ3n) is 2.98. The van der Waals surface area contributed by atoms with E-state index in [1.807, 2.05) is 12.2 Å². The van der Waals surface area contributed by atoms with E-state index in [9.17, 15) is 4.79 Å². The number of carbonyl (C=O) groups is 1. The van der Waals surface area contributed by atoms with Crippen molar-refractivity contribution in [3.05, 3.63) is 48.6 Å². The number of rotatable bonds is 13. The molecule has 0 amide bonds. The van der Waals surface area contributed by atoms with Crippen LogP contribution in [0, 0.1) is 0 Å². The lowest BCUT2D eigenvalue weighted by Crippen LogP contribution is -1.91. The minimum atomic E-state index is -0.736. The Kier molecular flexibility index (Phi) is 15.3. The van der Waals surface area contributed by atoms with Crippen LogP contribution in [-0.2, 0) is 4.79 Å². The van der Waals surface area contributed by atoms with Gasteiger partial charge in [0.15, 0.2) is 0 Å². The topological polar surface area (TPSA) is 37.3 Å². The maximum Gasteiger partial charge on any atom is 0.303 e. The first kappa shape index (κ1) is 19.4. The molecule has 0 aromatic rings. The number of hydrogen-bond donors (Lipinski definition) is 1. The standard InChI is InChI=1S/C19H30O2/c1-2-3-4-5-6-7-8-9-10-11-12-13-14-15-16-17-18-19(20)21/h6-7,9-10,12-13,15-16H,2-5,8,11,14,17-18H2,1H3,(H,20,21). The van der Waals surface area contributed by atoms with Crippen LogP contribution in [0.4, 0.5) is 0 Å². The Morgan fingerprint density at radius 2 is 1.24 bits per heavy atom. The average Bonchev–Trinajstić information content (AvgIpc) is 2.46. The molecule has 0 bridgehead atoms. The molecule has 0 spiro atoms. The Morgan fingerprint density at radius 1 is 0.762 bits per heavy atom. The van der Waals surface area contributed by atoms with Crippen LogP contribution in [0.2, 0.25) is 0 Å². The second kappa shape index (κ2) is 16.5. The van der Waals surface area contributed by atoms with E-state index in [0.717, 1.165) is 19.3 Å². The van der Waals surface area contributed by atoms with Gasteiger partial charge in [0.05, 0.1) is 0 Å². The smallest absolute Gasteiger partial charge is 0.303 e. The Bertz CT molecular complexity index is 349. The van der Waals surface area contributed by atoms with Gasteiger partial charge in [-0.2, -0.15) is 0 Å². The van der Waals surface area contributed by atoms with Gasteiger partial charge in [-0.25, -0.2) is 0 Å². The lowest BCUT2D eigenvalue weighted by molar-refractivity contribution is -0.136. The van der Waals surface area contributed by atoms with E-state index >= 15 is 0 Å². The van der Waals surface area contributed by atoms with Crippen molar-refractivity contribution in [3.63, 3.8) is 0 Å². The number of carboxylic acid groups (broad SMARTS) is 1. The molecule has 0 rings (SSSR count). The van der Waals surface area contributed by atoms with Crippen LogP contribution in [0.1, 0.15) is 64.7 Å². The molecular weight excluding hydrogens is 260 g/mol. The number of aliphatic carboxylic acids is 1. The van der Waals surface area contributed by atoms with Crippen LogP contribution in [0.15, 0.2) is 48.6 Å². The van der Waals surface area contributed by atoms with Gasteiger partial charge in [0, 0.05) is 6.42 Å². The highest BCUT2D eigenvalue weighted by atomic mass is 16.4. The third kappa shape index (κ3) is 18.4. The van der Waals surface area contributed by atoms with Crippen molar-refractivity contribution in [3.8, 4) is 0 Å². The van der Waals surface area contributed by atoms with Crippen LogP contribution < -0.4 is 0 Å². The van der Waals surface area contributed by atoms with E-state index in [0.29, 0.717) is 6.42 Å². The summed E-state index contributed by atoms with van der Waals surface area (Å²) in [7, 11) is 0. The normalized spacial score (nSPS) is 12.4. The lowest BCUT2D eigenvalue weighted by atomic mass is 10.2. The summed E-state index contributed by atoms with van der Waals surface area (Å²) in [6.07, 6.45) is 25.9. The summed E-state index contributed by atoms with van der Waals surface area (Å²) in [6.45, 7) is 2.23. The maximum atomic E-state index is 10.3. The molecule has 118 valence electrons. The van der Waals surface area contributed by atoms with E-state index in [4.69, 9.17) is 5.11 Å². The van der Waals surface area contributed by atoms with E-state index < -0.39 is 5.97 Å². The van der Waals surface area contributed by atoms with Crippen LogP contribution in [0.25, 0.3) is 0 Å². The second-order valence-corrected chi connectivity index (χ2v) is 5.02. The Labute approximate surface area is 130 Å². The summed E-state index contributed by atoms with van der Waals surface area (Å²) < 4.78 is 0. The van der Waals surface area contributed by atoms with Crippen molar-refractivity contribution in [1.82, 2.24) is 0 Å². The third-order valence-corrected chi connectivity index (χ3v) is 2.98. The first-order valence-corrected chi connectivity index (χ1v) is 8.09. The fourth-order valence-corrected chi connectivity index (χ4v) is 1.77. The molecule has 0 radical (unpaired) electrons. The Balaban J connectivity index is 3.41. The lowest BCUT2D eigenvalue weighted by Gasteiger charge is -1.90. The van der Waals surface area contributed by atoms with Crippen molar-refractivity contribution in [2.24, 2.45) is 0 Å². The molecule has 0 atom stereocenters. The van der Waals surface area contributed by atoms with E-state index in [1.54, 1.807) is 0 Å². The summed E-state index contributed by atoms with van der Waals surface area (Å²) in [5.74, 6) is -0.736. The van der Waals surface area contributed by atoms with Gasteiger partial charge in [0.25, 0.3) is 0 Å². The van der Waals surface area contributed by atoms with E-state index in [-0.39, 0.29) is 6.42 Å². The molecule has 0 heterocycles. The number of allylic oxidation sites excluding steroid dienone is 8. The fraction of sp³-hybridized carbons (Fsp3) is 0.526. The van der Waals surface area contributed by atoms with Crippen molar-refractivity contribution in [2.75, 3.05) is 0 Å². The molecule has 2 heteroatoms. The molecular formula is C19H30O2. The largest absolute Gasteiger partial charge is 0.481 e. The van der Waals surface area contributed by atoms with Gasteiger partial charge in [-0.3, -0.25) is 4.79 Å². The van der Waals surface area contributed by atoms with Gasteiger partial charge in [-0.05, 0) is 38.5 Å². The highest BCUT2D eigenvalue weighted by Gasteiger charge is 1.90. The molecule has 1 N–H and O–H groups in total. The SMILES string of the molecule is CCCCCC=CCC=CCC=CCC=CCCC(=O)O. The Morgan fingerprint density at radius 3 is 1.71 bits per heavy atom. The quantitative estimate of drug-likeness (QED) is 0.342. The van der Waals surface area contributed by atoms with Gasteiger partial charge >= 0.3 is 5.97 Å². The molecule has 0 fully saturated rings. The summed E-state index contributed by atoms with van der Waals surface area (Å²) in [5, 5.41) is 8.47. The van der Waals surface area contributed by atoms with Crippen molar-refractivity contribution < 1.29 is 9.90 Å². The van der Waals surface area contributed by atoms with Crippen LogP contribution >= 0.6 is 0 Å². The molecule has 2 nitrogen and oxygen atoms in total. The molecule has 0 saturated heterocycles. The van der Waals surface area contributed by atoms with Gasteiger partial charge in [-0.1, -0.05) is 68.4 Å². The summed E-state index contributed by atoms with van der Waals surface area (Å²) >= 11 is 0. The molecule has 0 aliphatic heterocycles. The molecule has 21 heavy (non-hydrogen) atoms. The van der Waals surface area contributed by atoms with Crippen LogP contribution in [0.3, 0.4) is 0 Å². The predicted molar refractivity (Wildman–Crippen MR) is 91.4 cm³/mol. The van der Waals surface area contributed by atoms with Gasteiger partial charge in [-0.15, -0.1) is 0 Å². The van der Waals surface area contributed by atoms with Crippen molar-refractivity contribution in [1.29, 1.82) is 0 Å². The molecule has 0 unspecified atom stereocenters. The number of carboxylic acids is 1. The Hall–Kier alpha value is -1.57. The van der Waals surface area contributed by atoms with Crippen LogP contribution in [-0.4, -0.2) is 11.1 Å². The highest BCUT2D eigenvalue weighted by Crippen LogP contribution is 2.01. The first-order chi connectivity index (χ1) is 10.3. The number of hydrogen-bond acceptors (Lipinski definition) is 1. The zero-order valence-corrected chi connectivity index (χ0v) is 13.3. The van der Waals surface area contributed by atoms with Gasteiger partial charge in [0.1, 0.15) is 0 Å². The zero-order chi connectivity index (χ0) is 15.6. The minimum Gasteiger partial charge on any atom is -0.481 e. The molecule has 0 saturated carbocycles. The summed E-state index contributed by atoms with van der Waals surface area (Å²) in [4.78, 5) is 10.3. The van der Waals surface area contributed by atoms with Crippen molar-refractivity contribution in [2.45, 2.75) is 64.7 Å². The van der Waals surface area contributed by atoms with Crippen LogP contribution in [0.5, 0.6) is 0 Å². The molecule has 0 aromatic heterocycles. The minimum absolute atomic E-state index is 0.217. The van der Waals surface area contributed by atoms with Gasteiger partial charge < -0.3 is 5.11 Å². The summed E-state index contributed by atoms with van der Waals surface area (Å²) in [5.41, 5.74) is 0. The van der Waals surface area contributed by atoms with E-state index in [2.05, 4.69) is 43.4 Å². The van der Waals surface area contributed by atoms with E-state index in [1.165, 1.54) is 25.7 Å². The monoisotopic (exact) mass is 290 g/mol. The second-order valence-electron chi connectivity index (χ2n) is 5.02. The molecule has 0 aromatic carbocycles. The number of unbranched alkanes of at least 4 members (excludes halogenated alkanes) is 3. The van der Waals surface area contributed by atoms with Gasteiger partial charge in [0.2, 0.25) is 0 Å². The highest BCUT2D eigenvalue weighted by molar-refractivity contribution is 5.66. The first-order valence-electron chi connectivity index (χ1n) is 8.09. The molecule has 0 aliphatic rings. The van der Waals surface area contributed by atoms with Crippen molar-refractivity contribution >= 4 is 5.97 Å². The fourth-order valence-electron chi connectivity index (χ4n) is 1.77. The zero-order valence-electron chi connectivity index (χ0n) is 13.3. The maximum absolute atomic E-state index is 10.3. The predicted octanol–water partition coefficient (Wildman–Crippen LogP) is 5.83. The molecule has 0 aliphatic carbocycles.